The topological polar surface area (TPSA) is 73.4 Å². The summed E-state index contributed by atoms with van der Waals surface area (Å²) in [7, 11) is 5.37. The molecule has 1 heterocycles. The van der Waals surface area contributed by atoms with Crippen molar-refractivity contribution in [2.24, 2.45) is 5.41 Å². The van der Waals surface area contributed by atoms with Crippen LogP contribution in [0.2, 0.25) is 0 Å². The van der Waals surface area contributed by atoms with E-state index in [1.54, 1.807) is 10.9 Å². The van der Waals surface area contributed by atoms with E-state index in [1.807, 2.05) is 14.1 Å². The zero-order chi connectivity index (χ0) is 13.9. The summed E-state index contributed by atoms with van der Waals surface area (Å²) in [5.74, 6) is -0.148. The molecule has 6 nitrogen and oxygen atoms in total. The Hall–Kier alpha value is -1.56. The molecule has 0 spiro atoms. The number of hydrogen-bond acceptors (Lipinski definition) is 5. The zero-order valence-electron chi connectivity index (χ0n) is 11.7. The number of hydrogen-bond donors (Lipinski definition) is 1. The van der Waals surface area contributed by atoms with Crippen LogP contribution in [0.15, 0.2) is 6.33 Å². The fourth-order valence-corrected chi connectivity index (χ4v) is 2.14. The van der Waals surface area contributed by atoms with Crippen molar-refractivity contribution in [1.82, 2.24) is 14.5 Å². The number of ether oxygens (including phenoxy) is 1. The third-order valence-electron chi connectivity index (χ3n) is 2.60. The molecule has 0 aliphatic carbocycles. The van der Waals surface area contributed by atoms with Gasteiger partial charge in [-0.05, 0) is 19.5 Å². The van der Waals surface area contributed by atoms with E-state index in [9.17, 15) is 4.79 Å². The minimum absolute atomic E-state index is 0.0334. The lowest BCUT2D eigenvalue weighted by Gasteiger charge is -2.28. The standard InChI is InChI=1S/C12H22N4O2/c1-12(2,6-15(3)4)7-16-8-14-9(10(16)13)11(17)18-5/h8H,6-7,13H2,1-5H3. The van der Waals surface area contributed by atoms with Crippen LogP contribution in [-0.2, 0) is 11.3 Å². The van der Waals surface area contributed by atoms with Crippen molar-refractivity contribution < 1.29 is 9.53 Å². The number of imidazole rings is 1. The zero-order valence-corrected chi connectivity index (χ0v) is 11.7. The second-order valence-electron chi connectivity index (χ2n) is 5.50. The Bertz CT molecular complexity index is 424. The van der Waals surface area contributed by atoms with Crippen molar-refractivity contribution in [1.29, 1.82) is 0 Å². The van der Waals surface area contributed by atoms with Crippen molar-refractivity contribution in [3.63, 3.8) is 0 Å². The van der Waals surface area contributed by atoms with E-state index in [0.717, 1.165) is 6.54 Å². The Morgan fingerprint density at radius 2 is 2.17 bits per heavy atom. The van der Waals surface area contributed by atoms with Gasteiger partial charge in [0.15, 0.2) is 5.69 Å². The summed E-state index contributed by atoms with van der Waals surface area (Å²) in [6, 6.07) is 0. The van der Waals surface area contributed by atoms with Gasteiger partial charge in [0, 0.05) is 13.1 Å². The Morgan fingerprint density at radius 3 is 2.67 bits per heavy atom. The molecule has 6 heteroatoms. The summed E-state index contributed by atoms with van der Waals surface area (Å²) in [5, 5.41) is 0. The molecule has 0 aliphatic rings. The average molecular weight is 254 g/mol. The van der Waals surface area contributed by atoms with Crippen LogP contribution < -0.4 is 5.73 Å². The molecule has 0 saturated carbocycles. The number of methoxy groups -OCH3 is 1. The molecule has 0 radical (unpaired) electrons. The van der Waals surface area contributed by atoms with E-state index in [4.69, 9.17) is 5.73 Å². The second-order valence-corrected chi connectivity index (χ2v) is 5.50. The van der Waals surface area contributed by atoms with Gasteiger partial charge in [-0.25, -0.2) is 9.78 Å². The lowest BCUT2D eigenvalue weighted by Crippen LogP contribution is -2.32. The maximum atomic E-state index is 11.4. The van der Waals surface area contributed by atoms with Crippen LogP contribution in [0.4, 0.5) is 5.82 Å². The molecular formula is C12H22N4O2. The molecule has 0 aliphatic heterocycles. The number of esters is 1. The van der Waals surface area contributed by atoms with Crippen LogP contribution in [0, 0.1) is 5.41 Å². The maximum Gasteiger partial charge on any atom is 0.360 e. The SMILES string of the molecule is COC(=O)c1ncn(CC(C)(C)CN(C)C)c1N. The number of aromatic nitrogens is 2. The van der Waals surface area contributed by atoms with Gasteiger partial charge >= 0.3 is 5.97 Å². The number of carbonyl (C=O) groups excluding carboxylic acids is 1. The fraction of sp³-hybridized carbons (Fsp3) is 0.667. The summed E-state index contributed by atoms with van der Waals surface area (Å²) in [6.07, 6.45) is 1.58. The molecule has 1 aromatic heterocycles. The highest BCUT2D eigenvalue weighted by molar-refractivity contribution is 5.92. The normalized spacial score (nSPS) is 11.9. The summed E-state index contributed by atoms with van der Waals surface area (Å²) < 4.78 is 6.41. The van der Waals surface area contributed by atoms with Crippen LogP contribution in [0.25, 0.3) is 0 Å². The lowest BCUT2D eigenvalue weighted by atomic mass is 9.93. The molecule has 102 valence electrons. The summed E-state index contributed by atoms with van der Waals surface area (Å²) in [6.45, 7) is 5.90. The number of nitrogens with zero attached hydrogens (tertiary/aromatic N) is 3. The highest BCUT2D eigenvalue weighted by atomic mass is 16.5. The van der Waals surface area contributed by atoms with Crippen molar-refractivity contribution in [3.8, 4) is 0 Å². The van der Waals surface area contributed by atoms with Crippen molar-refractivity contribution in [2.75, 3.05) is 33.5 Å². The summed E-state index contributed by atoms with van der Waals surface area (Å²) in [4.78, 5) is 17.5. The van der Waals surface area contributed by atoms with E-state index in [-0.39, 0.29) is 11.1 Å². The highest BCUT2D eigenvalue weighted by Gasteiger charge is 2.23. The van der Waals surface area contributed by atoms with Gasteiger partial charge in [-0.2, -0.15) is 0 Å². The number of rotatable bonds is 5. The minimum atomic E-state index is -0.503. The van der Waals surface area contributed by atoms with Gasteiger partial charge in [0.25, 0.3) is 0 Å². The highest BCUT2D eigenvalue weighted by Crippen LogP contribution is 2.22. The van der Waals surface area contributed by atoms with Gasteiger partial charge in [-0.1, -0.05) is 13.8 Å². The number of nitrogen functional groups attached to an aromatic ring is 1. The number of anilines is 1. The predicted molar refractivity (Wildman–Crippen MR) is 70.3 cm³/mol. The van der Waals surface area contributed by atoms with Crippen LogP contribution in [-0.4, -0.2) is 48.2 Å². The molecule has 0 atom stereocenters. The van der Waals surface area contributed by atoms with Gasteiger partial charge in [0.2, 0.25) is 0 Å². The Kier molecular flexibility index (Phi) is 4.34. The number of carbonyl (C=O) groups is 1. The second kappa shape index (κ2) is 5.39. The van der Waals surface area contributed by atoms with Gasteiger partial charge < -0.3 is 19.9 Å². The first-order chi connectivity index (χ1) is 8.26. The van der Waals surface area contributed by atoms with Crippen LogP contribution in [0.5, 0.6) is 0 Å². The summed E-state index contributed by atoms with van der Waals surface area (Å²) >= 11 is 0. The van der Waals surface area contributed by atoms with Crippen LogP contribution in [0.1, 0.15) is 24.3 Å². The van der Waals surface area contributed by atoms with Crippen molar-refractivity contribution in [2.45, 2.75) is 20.4 Å². The Balaban J connectivity index is 2.86. The van der Waals surface area contributed by atoms with E-state index >= 15 is 0 Å². The van der Waals surface area contributed by atoms with Crippen molar-refractivity contribution >= 4 is 11.8 Å². The molecule has 18 heavy (non-hydrogen) atoms. The Labute approximate surface area is 108 Å². The van der Waals surface area contributed by atoms with Gasteiger partial charge in [-0.3, -0.25) is 0 Å². The smallest absolute Gasteiger partial charge is 0.360 e. The third kappa shape index (κ3) is 3.46. The molecular weight excluding hydrogens is 232 g/mol. The van der Waals surface area contributed by atoms with Crippen LogP contribution in [0.3, 0.4) is 0 Å². The fourth-order valence-electron chi connectivity index (χ4n) is 2.14. The molecule has 0 saturated heterocycles. The molecule has 0 fully saturated rings. The molecule has 0 amide bonds. The first-order valence-electron chi connectivity index (χ1n) is 5.80. The molecule has 1 rings (SSSR count). The quantitative estimate of drug-likeness (QED) is 0.788. The summed E-state index contributed by atoms with van der Waals surface area (Å²) in [5.41, 5.74) is 6.12. The molecule has 2 N–H and O–H groups in total. The van der Waals surface area contributed by atoms with Gasteiger partial charge in [0.05, 0.1) is 13.4 Å². The van der Waals surface area contributed by atoms with E-state index in [2.05, 4.69) is 28.5 Å². The minimum Gasteiger partial charge on any atom is -0.464 e. The average Bonchev–Trinajstić information content (AvgIpc) is 2.57. The molecule has 0 bridgehead atoms. The Morgan fingerprint density at radius 1 is 1.56 bits per heavy atom. The van der Waals surface area contributed by atoms with E-state index in [1.165, 1.54) is 7.11 Å². The van der Waals surface area contributed by atoms with Crippen LogP contribution >= 0.6 is 0 Å². The largest absolute Gasteiger partial charge is 0.464 e. The first kappa shape index (κ1) is 14.5. The maximum absolute atomic E-state index is 11.4. The molecule has 1 aromatic rings. The molecule has 0 unspecified atom stereocenters. The van der Waals surface area contributed by atoms with E-state index in [0.29, 0.717) is 12.4 Å². The van der Waals surface area contributed by atoms with Crippen molar-refractivity contribution in [3.05, 3.63) is 12.0 Å². The predicted octanol–water partition coefficient (Wildman–Crippen LogP) is 0.840. The van der Waals surface area contributed by atoms with Gasteiger partial charge in [0.1, 0.15) is 5.82 Å². The lowest BCUT2D eigenvalue weighted by molar-refractivity contribution is 0.0595. The third-order valence-corrected chi connectivity index (χ3v) is 2.60. The van der Waals surface area contributed by atoms with Gasteiger partial charge in [-0.15, -0.1) is 0 Å². The molecule has 0 aromatic carbocycles. The first-order valence-corrected chi connectivity index (χ1v) is 5.80. The van der Waals surface area contributed by atoms with E-state index < -0.39 is 5.97 Å². The number of nitrogens with two attached hydrogens (primary N) is 1. The monoisotopic (exact) mass is 254 g/mol.